The zero-order chi connectivity index (χ0) is 32.3. The summed E-state index contributed by atoms with van der Waals surface area (Å²) in [5, 5.41) is 0. The minimum Gasteiger partial charge on any atom is -0.247 e. The van der Waals surface area contributed by atoms with Gasteiger partial charge in [-0.25, -0.2) is 4.39 Å². The predicted octanol–water partition coefficient (Wildman–Crippen LogP) is 14.0. The maximum atomic E-state index is 15.0. The number of hydrogen-bond acceptors (Lipinski definition) is 0. The van der Waals surface area contributed by atoms with E-state index in [2.05, 4.69) is 84.9 Å². The van der Waals surface area contributed by atoms with Gasteiger partial charge in [-0.05, 0) is 122 Å². The minimum atomic E-state index is -0.603. The molecule has 0 saturated heterocycles. The molecular formula is C43H73F. The first-order valence-electron chi connectivity index (χ1n) is 19.5. The molecule has 8 atom stereocenters. The van der Waals surface area contributed by atoms with E-state index in [-0.39, 0.29) is 0 Å². The fourth-order valence-electron chi connectivity index (χ4n) is 9.43. The van der Waals surface area contributed by atoms with Gasteiger partial charge in [-0.15, -0.1) is 0 Å². The first-order valence-corrected chi connectivity index (χ1v) is 19.5. The van der Waals surface area contributed by atoms with Crippen LogP contribution >= 0.6 is 0 Å². The second-order valence-electron chi connectivity index (χ2n) is 16.7. The predicted molar refractivity (Wildman–Crippen MR) is 193 cm³/mol. The number of alkyl halides is 1. The largest absolute Gasteiger partial charge is 0.247 e. The van der Waals surface area contributed by atoms with Crippen LogP contribution in [0.1, 0.15) is 170 Å². The maximum absolute atomic E-state index is 15.0. The Hall–Kier alpha value is -1.11. The third-order valence-electron chi connectivity index (χ3n) is 12.4. The third kappa shape index (κ3) is 11.0. The van der Waals surface area contributed by atoms with E-state index in [1.165, 1.54) is 77.0 Å². The van der Waals surface area contributed by atoms with Crippen molar-refractivity contribution in [2.75, 3.05) is 0 Å². The first kappa shape index (κ1) is 37.3. The topological polar surface area (TPSA) is 0 Å². The summed E-state index contributed by atoms with van der Waals surface area (Å²) in [6, 6.07) is 11.5. The van der Waals surface area contributed by atoms with E-state index < -0.39 is 6.17 Å². The van der Waals surface area contributed by atoms with E-state index in [0.29, 0.717) is 35.0 Å². The zero-order valence-corrected chi connectivity index (χ0v) is 30.7. The van der Waals surface area contributed by atoms with Crippen molar-refractivity contribution >= 4 is 0 Å². The van der Waals surface area contributed by atoms with Gasteiger partial charge in [0.1, 0.15) is 6.17 Å². The Morgan fingerprint density at radius 1 is 0.864 bits per heavy atom. The van der Waals surface area contributed by atoms with Crippen LogP contribution in [0, 0.1) is 52.8 Å². The summed E-state index contributed by atoms with van der Waals surface area (Å²) < 4.78 is 15.0. The normalized spacial score (nSPS) is 31.7. The van der Waals surface area contributed by atoms with Crippen molar-refractivity contribution in [3.8, 4) is 0 Å². The molecule has 0 heterocycles. The van der Waals surface area contributed by atoms with Gasteiger partial charge in [0.25, 0.3) is 0 Å². The molecule has 0 amide bonds. The highest BCUT2D eigenvalue weighted by Crippen LogP contribution is 2.51. The number of hydrogen-bond donors (Lipinski definition) is 0. The molecule has 1 aromatic rings. The van der Waals surface area contributed by atoms with Crippen LogP contribution in [0.5, 0.6) is 0 Å². The maximum Gasteiger partial charge on any atom is 0.101 e. The third-order valence-corrected chi connectivity index (χ3v) is 12.4. The van der Waals surface area contributed by atoms with Gasteiger partial charge in [-0.2, -0.15) is 0 Å². The van der Waals surface area contributed by atoms with Crippen molar-refractivity contribution in [1.29, 1.82) is 0 Å². The Morgan fingerprint density at radius 3 is 2.16 bits per heavy atom. The van der Waals surface area contributed by atoms with Crippen molar-refractivity contribution in [3.63, 3.8) is 0 Å². The number of halogens is 1. The van der Waals surface area contributed by atoms with E-state index >= 15 is 0 Å². The lowest BCUT2D eigenvalue weighted by Crippen LogP contribution is -2.35. The molecule has 2 saturated carbocycles. The SMILES string of the molecule is CC.CCC(CC1CCC(C)CC1)CC1CC(C2C[C@H](F)CCC2[C@@H](C)CC)=CCC1C(CCC(C)(C)C)c1ccccc1. The fraction of sp³-hybridized carbons (Fsp3) is 0.814. The molecule has 0 aliphatic heterocycles. The molecular weight excluding hydrogens is 535 g/mol. The molecule has 0 spiro atoms. The van der Waals surface area contributed by atoms with Crippen molar-refractivity contribution in [2.24, 2.45) is 52.8 Å². The lowest BCUT2D eigenvalue weighted by atomic mass is 9.61. The van der Waals surface area contributed by atoms with Gasteiger partial charge >= 0.3 is 0 Å². The average Bonchev–Trinajstić information content (AvgIpc) is 3.03. The molecule has 0 N–H and O–H groups in total. The summed E-state index contributed by atoms with van der Waals surface area (Å²) in [5.41, 5.74) is 3.57. The standard InChI is InChI=1S/C41H67F.C2H6/c1-8-30(4)37-22-20-36(42)28-40(37)34-19-21-38(39(23-24-41(5,6)7)33-13-11-10-12-14-33)35(27-34)26-31(9-2)25-32-17-15-29(3)16-18-32;1-2/h10-14,19,29-32,35-40H,8-9,15-18,20-28H2,1-7H3;1-2H3/t29?,30-,31?,32?,35?,36+,37?,38?,39?,40?;/m0./s1. The molecule has 0 bridgehead atoms. The summed E-state index contributed by atoms with van der Waals surface area (Å²) in [6.07, 6.45) is 20.8. The zero-order valence-electron chi connectivity index (χ0n) is 30.7. The Balaban J connectivity index is 0.00000259. The summed E-state index contributed by atoms with van der Waals surface area (Å²) >= 11 is 0. The highest BCUT2D eigenvalue weighted by Gasteiger charge is 2.40. The lowest BCUT2D eigenvalue weighted by Gasteiger charge is -2.44. The van der Waals surface area contributed by atoms with E-state index in [4.69, 9.17) is 0 Å². The summed E-state index contributed by atoms with van der Waals surface area (Å²) in [7, 11) is 0. The second-order valence-corrected chi connectivity index (χ2v) is 16.7. The minimum absolute atomic E-state index is 0.351. The molecule has 44 heavy (non-hydrogen) atoms. The fourth-order valence-corrected chi connectivity index (χ4v) is 9.43. The quantitative estimate of drug-likeness (QED) is 0.207. The van der Waals surface area contributed by atoms with Crippen LogP contribution in [0.25, 0.3) is 0 Å². The molecule has 1 heteroatoms. The van der Waals surface area contributed by atoms with Gasteiger partial charge in [0.15, 0.2) is 0 Å². The van der Waals surface area contributed by atoms with Gasteiger partial charge in [0, 0.05) is 0 Å². The molecule has 3 aliphatic carbocycles. The van der Waals surface area contributed by atoms with Crippen LogP contribution in [-0.4, -0.2) is 6.17 Å². The van der Waals surface area contributed by atoms with Gasteiger partial charge in [-0.1, -0.05) is 143 Å². The molecule has 2 fully saturated rings. The van der Waals surface area contributed by atoms with Gasteiger partial charge in [0.05, 0.1) is 0 Å². The Bertz CT molecular complexity index is 931. The van der Waals surface area contributed by atoms with Gasteiger partial charge < -0.3 is 0 Å². The van der Waals surface area contributed by atoms with E-state index in [0.717, 1.165) is 42.9 Å². The number of benzene rings is 1. The molecule has 252 valence electrons. The van der Waals surface area contributed by atoms with Gasteiger partial charge in [0.2, 0.25) is 0 Å². The highest BCUT2D eigenvalue weighted by molar-refractivity contribution is 5.24. The molecule has 6 unspecified atom stereocenters. The van der Waals surface area contributed by atoms with Crippen LogP contribution in [0.3, 0.4) is 0 Å². The number of rotatable bonds is 12. The molecule has 0 aromatic heterocycles. The van der Waals surface area contributed by atoms with E-state index in [9.17, 15) is 4.39 Å². The molecule has 3 aliphatic rings. The van der Waals surface area contributed by atoms with Crippen molar-refractivity contribution in [2.45, 2.75) is 171 Å². The average molecular weight is 609 g/mol. The Morgan fingerprint density at radius 2 is 1.55 bits per heavy atom. The Kier molecular flexibility index (Phi) is 15.5. The van der Waals surface area contributed by atoms with Crippen LogP contribution in [0.4, 0.5) is 4.39 Å². The van der Waals surface area contributed by atoms with E-state index in [1.54, 1.807) is 11.1 Å². The van der Waals surface area contributed by atoms with Crippen LogP contribution < -0.4 is 0 Å². The lowest BCUT2D eigenvalue weighted by molar-refractivity contribution is 0.108. The van der Waals surface area contributed by atoms with Crippen LogP contribution in [0.15, 0.2) is 42.0 Å². The molecule has 0 nitrogen and oxygen atoms in total. The first-order chi connectivity index (χ1) is 21.1. The molecule has 1 aromatic carbocycles. The smallest absolute Gasteiger partial charge is 0.101 e. The summed E-state index contributed by atoms with van der Waals surface area (Å²) in [6.45, 7) is 20.9. The Labute approximate surface area is 274 Å². The highest BCUT2D eigenvalue weighted by atomic mass is 19.1. The van der Waals surface area contributed by atoms with Crippen LogP contribution in [-0.2, 0) is 0 Å². The van der Waals surface area contributed by atoms with Crippen molar-refractivity contribution in [3.05, 3.63) is 47.5 Å². The van der Waals surface area contributed by atoms with Crippen molar-refractivity contribution < 1.29 is 4.39 Å². The molecule has 4 rings (SSSR count). The van der Waals surface area contributed by atoms with Crippen LogP contribution in [0.2, 0.25) is 0 Å². The van der Waals surface area contributed by atoms with Crippen molar-refractivity contribution in [1.82, 2.24) is 0 Å². The van der Waals surface area contributed by atoms with Gasteiger partial charge in [-0.3, -0.25) is 0 Å². The second kappa shape index (κ2) is 18.3. The number of allylic oxidation sites excluding steroid dienone is 2. The van der Waals surface area contributed by atoms with E-state index in [1.807, 2.05) is 13.8 Å². The summed E-state index contributed by atoms with van der Waals surface area (Å²) in [5.74, 6) is 6.58. The summed E-state index contributed by atoms with van der Waals surface area (Å²) in [4.78, 5) is 0. The molecule has 0 radical (unpaired) electrons. The monoisotopic (exact) mass is 609 g/mol.